The molecule has 0 saturated heterocycles. The third kappa shape index (κ3) is 3.04. The first-order valence-corrected chi connectivity index (χ1v) is 7.36. The van der Waals surface area contributed by atoms with Crippen LogP contribution in [0.2, 0.25) is 0 Å². The van der Waals surface area contributed by atoms with E-state index in [-0.39, 0.29) is 17.8 Å². The van der Waals surface area contributed by atoms with Crippen LogP contribution in [0.4, 0.5) is 4.39 Å². The van der Waals surface area contributed by atoms with Crippen LogP contribution in [-0.2, 0) is 10.2 Å². The van der Waals surface area contributed by atoms with Gasteiger partial charge >= 0.3 is 0 Å². The normalized spacial score (nSPS) is 23.7. The molecule has 1 aliphatic rings. The van der Waals surface area contributed by atoms with E-state index in [1.807, 2.05) is 0 Å². The van der Waals surface area contributed by atoms with Crippen molar-refractivity contribution in [2.75, 3.05) is 7.05 Å². The van der Waals surface area contributed by atoms with Crippen molar-refractivity contribution in [3.63, 3.8) is 0 Å². The second-order valence-electron chi connectivity index (χ2n) is 3.95. The fourth-order valence-electron chi connectivity index (χ4n) is 1.69. The van der Waals surface area contributed by atoms with E-state index >= 15 is 0 Å². The average Bonchev–Trinajstić information content (AvgIpc) is 3.01. The van der Waals surface area contributed by atoms with E-state index in [1.54, 1.807) is 12.1 Å². The Kier molecular flexibility index (Phi) is 3.53. The zero-order valence-electron chi connectivity index (χ0n) is 9.07. The van der Waals surface area contributed by atoms with Gasteiger partial charge in [0, 0.05) is 19.0 Å². The summed E-state index contributed by atoms with van der Waals surface area (Å²) in [5.41, 5.74) is 0.814. The lowest BCUT2D eigenvalue weighted by molar-refractivity contribution is 0.571. The highest BCUT2D eigenvalue weighted by Gasteiger charge is 2.40. The van der Waals surface area contributed by atoms with Crippen LogP contribution in [0.1, 0.15) is 17.9 Å². The summed E-state index contributed by atoms with van der Waals surface area (Å²) >= 11 is 3.08. The molecule has 4 nitrogen and oxygen atoms in total. The lowest BCUT2D eigenvalue weighted by Gasteiger charge is -2.05. The van der Waals surface area contributed by atoms with E-state index in [0.717, 1.165) is 5.56 Å². The summed E-state index contributed by atoms with van der Waals surface area (Å²) in [5, 5.41) is 0. The maximum Gasteiger partial charge on any atom is 0.276 e. The van der Waals surface area contributed by atoms with Crippen LogP contribution in [0.15, 0.2) is 22.7 Å². The predicted octanol–water partition coefficient (Wildman–Crippen LogP) is 1.50. The van der Waals surface area contributed by atoms with E-state index in [2.05, 4.69) is 25.4 Å². The quantitative estimate of drug-likeness (QED) is 0.882. The lowest BCUT2D eigenvalue weighted by Crippen LogP contribution is -2.35. The minimum absolute atomic E-state index is 0.0562. The van der Waals surface area contributed by atoms with Crippen molar-refractivity contribution in [2.24, 2.45) is 0 Å². The number of halogens is 2. The molecular weight excluding hydrogens is 311 g/mol. The Morgan fingerprint density at radius 1 is 1.47 bits per heavy atom. The van der Waals surface area contributed by atoms with E-state index in [4.69, 9.17) is 0 Å². The Hall–Kier alpha value is -0.500. The fraction of sp³-hybridized carbons (Fsp3) is 0.400. The van der Waals surface area contributed by atoms with Gasteiger partial charge in [-0.2, -0.15) is 13.1 Å². The minimum Gasteiger partial charge on any atom is -0.206 e. The summed E-state index contributed by atoms with van der Waals surface area (Å²) in [4.78, 5) is 0. The smallest absolute Gasteiger partial charge is 0.206 e. The molecule has 17 heavy (non-hydrogen) atoms. The Morgan fingerprint density at radius 3 is 2.76 bits per heavy atom. The van der Waals surface area contributed by atoms with E-state index in [1.165, 1.54) is 13.1 Å². The Balaban J connectivity index is 2.06. The van der Waals surface area contributed by atoms with Crippen LogP contribution in [0.3, 0.4) is 0 Å². The molecule has 0 aliphatic heterocycles. The maximum atomic E-state index is 13.3. The number of hydrogen-bond acceptors (Lipinski definition) is 2. The zero-order valence-corrected chi connectivity index (χ0v) is 11.5. The van der Waals surface area contributed by atoms with Gasteiger partial charge in [-0.25, -0.2) is 9.11 Å². The SMILES string of the molecule is CNS(=O)(=O)N[C@@H]1C[C@H]1c1ccc(Br)c(F)c1. The van der Waals surface area contributed by atoms with Gasteiger partial charge in [-0.1, -0.05) is 6.07 Å². The molecule has 0 heterocycles. The van der Waals surface area contributed by atoms with Crippen molar-refractivity contribution in [2.45, 2.75) is 18.4 Å². The largest absolute Gasteiger partial charge is 0.276 e. The van der Waals surface area contributed by atoms with Crippen molar-refractivity contribution in [1.82, 2.24) is 9.44 Å². The molecule has 1 fully saturated rings. The Bertz CT molecular complexity index is 535. The van der Waals surface area contributed by atoms with Crippen LogP contribution < -0.4 is 9.44 Å². The monoisotopic (exact) mass is 322 g/mol. The first kappa shape index (κ1) is 12.9. The minimum atomic E-state index is -3.42. The van der Waals surface area contributed by atoms with Gasteiger partial charge in [0.1, 0.15) is 5.82 Å². The molecule has 1 saturated carbocycles. The molecule has 94 valence electrons. The predicted molar refractivity (Wildman–Crippen MR) is 66.4 cm³/mol. The molecular formula is C10H12BrFN2O2S. The van der Waals surface area contributed by atoms with Gasteiger partial charge in [0.25, 0.3) is 10.2 Å². The molecule has 0 unspecified atom stereocenters. The second kappa shape index (κ2) is 4.64. The highest BCUT2D eigenvalue weighted by molar-refractivity contribution is 9.10. The number of nitrogens with one attached hydrogen (secondary N) is 2. The number of hydrogen-bond donors (Lipinski definition) is 2. The highest BCUT2D eigenvalue weighted by atomic mass is 79.9. The third-order valence-electron chi connectivity index (χ3n) is 2.74. The molecule has 2 rings (SSSR count). The van der Waals surface area contributed by atoms with Crippen LogP contribution in [0, 0.1) is 5.82 Å². The van der Waals surface area contributed by atoms with Crippen LogP contribution >= 0.6 is 15.9 Å². The molecule has 2 atom stereocenters. The first-order valence-electron chi connectivity index (χ1n) is 5.08. The van der Waals surface area contributed by atoms with Crippen molar-refractivity contribution >= 4 is 26.1 Å². The summed E-state index contributed by atoms with van der Waals surface area (Å²) < 4.78 is 40.9. The molecule has 0 aromatic heterocycles. The fourth-order valence-corrected chi connectivity index (χ4v) is 2.72. The molecule has 1 aliphatic carbocycles. The Labute approximate surface area is 108 Å². The second-order valence-corrected chi connectivity index (χ2v) is 6.45. The van der Waals surface area contributed by atoms with Crippen molar-refractivity contribution < 1.29 is 12.8 Å². The molecule has 1 aromatic carbocycles. The van der Waals surface area contributed by atoms with E-state index in [0.29, 0.717) is 10.9 Å². The van der Waals surface area contributed by atoms with Crippen molar-refractivity contribution in [3.05, 3.63) is 34.1 Å². The van der Waals surface area contributed by atoms with Crippen LogP contribution in [-0.4, -0.2) is 21.5 Å². The van der Waals surface area contributed by atoms with Crippen molar-refractivity contribution in [1.29, 1.82) is 0 Å². The van der Waals surface area contributed by atoms with Gasteiger partial charge in [-0.15, -0.1) is 0 Å². The Morgan fingerprint density at radius 2 is 2.18 bits per heavy atom. The summed E-state index contributed by atoms with van der Waals surface area (Å²) in [6, 6.07) is 4.72. The average molecular weight is 323 g/mol. The van der Waals surface area contributed by atoms with Gasteiger partial charge in [-0.3, -0.25) is 0 Å². The van der Waals surface area contributed by atoms with E-state index < -0.39 is 10.2 Å². The van der Waals surface area contributed by atoms with Gasteiger partial charge in [0.05, 0.1) is 4.47 Å². The molecule has 2 N–H and O–H groups in total. The highest BCUT2D eigenvalue weighted by Crippen LogP contribution is 2.41. The van der Waals surface area contributed by atoms with Gasteiger partial charge in [0.15, 0.2) is 0 Å². The summed E-state index contributed by atoms with van der Waals surface area (Å²) in [5.74, 6) is -0.273. The number of rotatable bonds is 4. The summed E-state index contributed by atoms with van der Waals surface area (Å²) in [6.07, 6.45) is 0.696. The lowest BCUT2D eigenvalue weighted by atomic mass is 10.1. The van der Waals surface area contributed by atoms with Gasteiger partial charge in [0.2, 0.25) is 0 Å². The van der Waals surface area contributed by atoms with E-state index in [9.17, 15) is 12.8 Å². The van der Waals surface area contributed by atoms with Crippen LogP contribution in [0.25, 0.3) is 0 Å². The summed E-state index contributed by atoms with van der Waals surface area (Å²) in [6.45, 7) is 0. The maximum absolute atomic E-state index is 13.3. The molecule has 0 spiro atoms. The topological polar surface area (TPSA) is 58.2 Å². The standard InChI is InChI=1S/C10H12BrFN2O2S/c1-13-17(15,16)14-10-5-7(10)6-2-3-8(11)9(12)4-6/h2-4,7,10,13-14H,5H2,1H3/t7-,10+/m0/s1. The van der Waals surface area contributed by atoms with Crippen molar-refractivity contribution in [3.8, 4) is 0 Å². The first-order chi connectivity index (χ1) is 7.93. The van der Waals surface area contributed by atoms with Crippen LogP contribution in [0.5, 0.6) is 0 Å². The zero-order chi connectivity index (χ0) is 12.6. The summed E-state index contributed by atoms with van der Waals surface area (Å²) in [7, 11) is -2.07. The molecule has 0 radical (unpaired) electrons. The number of benzene rings is 1. The third-order valence-corrected chi connectivity index (χ3v) is 4.53. The molecule has 0 bridgehead atoms. The molecule has 1 aromatic rings. The molecule has 0 amide bonds. The molecule has 7 heteroatoms. The van der Waals surface area contributed by atoms with Gasteiger partial charge < -0.3 is 0 Å². The van der Waals surface area contributed by atoms with Gasteiger partial charge in [-0.05, 0) is 40.0 Å².